The van der Waals surface area contributed by atoms with E-state index in [1.807, 2.05) is 11.8 Å². The number of carbonyl (C=O) groups excluding carboxylic acids is 1. The van der Waals surface area contributed by atoms with Crippen molar-refractivity contribution in [1.82, 2.24) is 14.9 Å². The molecule has 4 rings (SSSR count). The lowest BCUT2D eigenvalue weighted by Crippen LogP contribution is -2.41. The van der Waals surface area contributed by atoms with Gasteiger partial charge in [0, 0.05) is 31.8 Å². The normalized spacial score (nSPS) is 24.1. The number of hydrogen-bond donors (Lipinski definition) is 0. The van der Waals surface area contributed by atoms with Crippen molar-refractivity contribution in [3.63, 3.8) is 0 Å². The number of fused-ring (bicyclic) bond motifs is 1. The Morgan fingerprint density at radius 2 is 2.04 bits per heavy atom. The molecule has 4 heterocycles. The number of hydrogen-bond acceptors (Lipinski definition) is 5. The van der Waals surface area contributed by atoms with Crippen molar-refractivity contribution in [2.24, 2.45) is 5.92 Å². The van der Waals surface area contributed by atoms with Gasteiger partial charge in [-0.1, -0.05) is 0 Å². The first-order valence-corrected chi connectivity index (χ1v) is 8.70. The first kappa shape index (κ1) is 14.9. The highest BCUT2D eigenvalue weighted by molar-refractivity contribution is 5.79. The topological polar surface area (TPSA) is 58.6 Å². The number of nitrogens with zero attached hydrogens (tertiary/aromatic N) is 4. The van der Waals surface area contributed by atoms with Crippen LogP contribution in [0.4, 0.5) is 5.82 Å². The van der Waals surface area contributed by atoms with Gasteiger partial charge < -0.3 is 14.5 Å². The smallest absolute Gasteiger partial charge is 0.228 e. The molecule has 0 aromatic carbocycles. The summed E-state index contributed by atoms with van der Waals surface area (Å²) in [5.74, 6) is 2.19. The second-order valence-electron chi connectivity index (χ2n) is 6.78. The van der Waals surface area contributed by atoms with Crippen LogP contribution in [0.2, 0.25) is 0 Å². The molecule has 2 fully saturated rings. The average molecular weight is 316 g/mol. The highest BCUT2D eigenvalue weighted by atomic mass is 16.5. The summed E-state index contributed by atoms with van der Waals surface area (Å²) in [7, 11) is 0. The summed E-state index contributed by atoms with van der Waals surface area (Å²) >= 11 is 0. The maximum absolute atomic E-state index is 12.6. The third-order valence-electron chi connectivity index (χ3n) is 5.15. The Morgan fingerprint density at radius 1 is 1.22 bits per heavy atom. The van der Waals surface area contributed by atoms with Gasteiger partial charge >= 0.3 is 0 Å². The molecule has 1 aromatic heterocycles. The summed E-state index contributed by atoms with van der Waals surface area (Å²) in [4.78, 5) is 26.3. The van der Waals surface area contributed by atoms with Crippen LogP contribution < -0.4 is 4.90 Å². The molecule has 1 aromatic rings. The Bertz CT molecular complexity index is 607. The molecular weight excluding hydrogens is 292 g/mol. The van der Waals surface area contributed by atoms with Crippen molar-refractivity contribution in [2.75, 3.05) is 37.7 Å². The highest BCUT2D eigenvalue weighted by Gasteiger charge is 2.32. The molecule has 0 unspecified atom stereocenters. The maximum Gasteiger partial charge on any atom is 0.228 e. The molecule has 6 heteroatoms. The molecule has 1 amide bonds. The minimum Gasteiger partial charge on any atom is -0.381 e. The third-order valence-corrected chi connectivity index (χ3v) is 5.15. The minimum absolute atomic E-state index is 0.0394. The van der Waals surface area contributed by atoms with E-state index in [0.717, 1.165) is 49.8 Å². The van der Waals surface area contributed by atoms with E-state index in [9.17, 15) is 4.79 Å². The molecule has 23 heavy (non-hydrogen) atoms. The molecular formula is C17H24N4O2. The molecule has 0 aliphatic carbocycles. The number of rotatable bonds is 2. The first-order valence-electron chi connectivity index (χ1n) is 8.70. The number of aryl methyl sites for hydroxylation is 1. The fourth-order valence-corrected chi connectivity index (χ4v) is 3.90. The number of anilines is 1. The van der Waals surface area contributed by atoms with Crippen LogP contribution in [0.1, 0.15) is 36.3 Å². The van der Waals surface area contributed by atoms with Crippen molar-refractivity contribution in [2.45, 2.75) is 39.2 Å². The van der Waals surface area contributed by atoms with Gasteiger partial charge in [0.05, 0.1) is 24.8 Å². The van der Waals surface area contributed by atoms with Crippen LogP contribution in [-0.2, 0) is 22.5 Å². The molecule has 3 aliphatic heterocycles. The molecule has 0 saturated carbocycles. The lowest BCUT2D eigenvalue weighted by atomic mass is 10.0. The highest BCUT2D eigenvalue weighted by Crippen LogP contribution is 2.29. The van der Waals surface area contributed by atoms with Crippen molar-refractivity contribution >= 4 is 11.7 Å². The van der Waals surface area contributed by atoms with E-state index < -0.39 is 0 Å². The number of amides is 1. The second-order valence-corrected chi connectivity index (χ2v) is 6.78. The molecule has 3 aliphatic rings. The van der Waals surface area contributed by atoms with Crippen molar-refractivity contribution in [1.29, 1.82) is 0 Å². The van der Waals surface area contributed by atoms with Crippen LogP contribution in [0.5, 0.6) is 0 Å². The van der Waals surface area contributed by atoms with Crippen molar-refractivity contribution in [3.8, 4) is 0 Å². The van der Waals surface area contributed by atoms with E-state index in [1.54, 1.807) is 0 Å². The molecule has 0 N–H and O–H groups in total. The van der Waals surface area contributed by atoms with Crippen molar-refractivity contribution < 1.29 is 9.53 Å². The summed E-state index contributed by atoms with van der Waals surface area (Å²) in [6, 6.07) is 0. The summed E-state index contributed by atoms with van der Waals surface area (Å²) in [5.41, 5.74) is 2.29. The Hall–Kier alpha value is -1.69. The lowest BCUT2D eigenvalue weighted by Gasteiger charge is -2.32. The van der Waals surface area contributed by atoms with Crippen molar-refractivity contribution in [3.05, 3.63) is 17.1 Å². The Labute approximate surface area is 136 Å². The van der Waals surface area contributed by atoms with Gasteiger partial charge in [-0.15, -0.1) is 0 Å². The Morgan fingerprint density at radius 3 is 2.78 bits per heavy atom. The quantitative estimate of drug-likeness (QED) is 0.823. The third kappa shape index (κ3) is 2.80. The van der Waals surface area contributed by atoms with E-state index in [1.165, 1.54) is 18.4 Å². The predicted octanol–water partition coefficient (Wildman–Crippen LogP) is 1.31. The summed E-state index contributed by atoms with van der Waals surface area (Å²) < 4.78 is 5.36. The molecule has 0 radical (unpaired) electrons. The van der Waals surface area contributed by atoms with Crippen LogP contribution in [0.25, 0.3) is 0 Å². The SMILES string of the molecule is Cc1nc2c(c(N3CCCC3)n1)CCN(C(=O)[C@H]1CCOC1)C2. The van der Waals surface area contributed by atoms with Gasteiger partial charge in [-0.3, -0.25) is 4.79 Å². The monoisotopic (exact) mass is 316 g/mol. The number of ether oxygens (including phenoxy) is 1. The molecule has 6 nitrogen and oxygen atoms in total. The van der Waals surface area contributed by atoms with Gasteiger partial charge in [-0.25, -0.2) is 9.97 Å². The van der Waals surface area contributed by atoms with Gasteiger partial charge in [0.25, 0.3) is 0 Å². The maximum atomic E-state index is 12.6. The molecule has 124 valence electrons. The fourth-order valence-electron chi connectivity index (χ4n) is 3.90. The van der Waals surface area contributed by atoms with Crippen LogP contribution in [0.3, 0.4) is 0 Å². The van der Waals surface area contributed by atoms with Crippen LogP contribution in [0, 0.1) is 12.8 Å². The summed E-state index contributed by atoms with van der Waals surface area (Å²) in [6.45, 7) is 6.80. The van der Waals surface area contributed by atoms with Crippen LogP contribution in [0.15, 0.2) is 0 Å². The van der Waals surface area contributed by atoms with E-state index in [4.69, 9.17) is 9.72 Å². The van der Waals surface area contributed by atoms with E-state index in [2.05, 4.69) is 9.88 Å². The van der Waals surface area contributed by atoms with E-state index in [0.29, 0.717) is 19.8 Å². The van der Waals surface area contributed by atoms with Crippen LogP contribution in [-0.4, -0.2) is 53.6 Å². The lowest BCUT2D eigenvalue weighted by molar-refractivity contribution is -0.136. The van der Waals surface area contributed by atoms with E-state index in [-0.39, 0.29) is 11.8 Å². The Kier molecular flexibility index (Phi) is 3.93. The van der Waals surface area contributed by atoms with Crippen LogP contribution >= 0.6 is 0 Å². The molecule has 0 bridgehead atoms. The predicted molar refractivity (Wildman–Crippen MR) is 86.3 cm³/mol. The molecule has 2 saturated heterocycles. The van der Waals surface area contributed by atoms with Gasteiger partial charge in [0.15, 0.2) is 0 Å². The van der Waals surface area contributed by atoms with E-state index >= 15 is 0 Å². The second kappa shape index (κ2) is 6.07. The standard InChI is InChI=1S/C17H24N4O2/c1-12-18-15-10-21(17(22)13-5-9-23-11-13)8-4-14(15)16(19-12)20-6-2-3-7-20/h13H,2-11H2,1H3/t13-/m0/s1. The first-order chi connectivity index (χ1) is 11.2. The minimum atomic E-state index is 0.0394. The summed E-state index contributed by atoms with van der Waals surface area (Å²) in [5, 5.41) is 0. The molecule has 1 atom stereocenters. The Balaban J connectivity index is 1.58. The molecule has 0 spiro atoms. The average Bonchev–Trinajstić information content (AvgIpc) is 3.26. The zero-order chi connectivity index (χ0) is 15.8. The van der Waals surface area contributed by atoms with Gasteiger partial charge in [-0.05, 0) is 32.6 Å². The van der Waals surface area contributed by atoms with Gasteiger partial charge in [0.2, 0.25) is 5.91 Å². The largest absolute Gasteiger partial charge is 0.381 e. The van der Waals surface area contributed by atoms with Gasteiger partial charge in [0.1, 0.15) is 11.6 Å². The zero-order valence-electron chi connectivity index (χ0n) is 13.8. The van der Waals surface area contributed by atoms with Gasteiger partial charge in [-0.2, -0.15) is 0 Å². The number of carbonyl (C=O) groups is 1. The summed E-state index contributed by atoms with van der Waals surface area (Å²) in [6.07, 6.45) is 4.19. The number of aromatic nitrogens is 2. The zero-order valence-corrected chi connectivity index (χ0v) is 13.8. The fraction of sp³-hybridized carbons (Fsp3) is 0.706.